The molecule has 0 amide bonds. The van der Waals surface area contributed by atoms with Gasteiger partial charge in [-0.2, -0.15) is 0 Å². The summed E-state index contributed by atoms with van der Waals surface area (Å²) in [4.78, 5) is 7.32. The third kappa shape index (κ3) is 1.71. The third-order valence-electron chi connectivity index (χ3n) is 2.04. The molecule has 0 aliphatic carbocycles. The van der Waals surface area contributed by atoms with E-state index < -0.39 is 0 Å². The molecular weight excluding hydrogens is 242 g/mol. The van der Waals surface area contributed by atoms with Crippen molar-refractivity contribution in [2.24, 2.45) is 5.73 Å². The monoisotopic (exact) mass is 251 g/mol. The zero-order valence-electron chi connectivity index (χ0n) is 7.44. The van der Waals surface area contributed by atoms with Gasteiger partial charge in [-0.3, -0.25) is 4.98 Å². The fourth-order valence-corrected chi connectivity index (χ4v) is 1.81. The van der Waals surface area contributed by atoms with Crippen LogP contribution in [0.3, 0.4) is 0 Å². The lowest BCUT2D eigenvalue weighted by molar-refractivity contribution is 0.796. The average Bonchev–Trinajstić information content (AvgIpc) is 2.70. The molecule has 3 N–H and O–H groups in total. The molecular formula is C10H10BrN3. The van der Waals surface area contributed by atoms with Gasteiger partial charge in [-0.1, -0.05) is 0 Å². The summed E-state index contributed by atoms with van der Waals surface area (Å²) in [6.07, 6.45) is 3.59. The number of rotatable bonds is 2. The van der Waals surface area contributed by atoms with Gasteiger partial charge in [-0.25, -0.2) is 0 Å². The van der Waals surface area contributed by atoms with E-state index in [1.54, 1.807) is 6.20 Å². The Morgan fingerprint density at radius 3 is 2.86 bits per heavy atom. The molecule has 0 aliphatic rings. The van der Waals surface area contributed by atoms with E-state index in [-0.39, 0.29) is 6.04 Å². The van der Waals surface area contributed by atoms with Gasteiger partial charge < -0.3 is 10.7 Å². The highest BCUT2D eigenvalue weighted by atomic mass is 79.9. The van der Waals surface area contributed by atoms with Crippen molar-refractivity contribution in [1.29, 1.82) is 0 Å². The summed E-state index contributed by atoms with van der Waals surface area (Å²) in [7, 11) is 0. The third-order valence-corrected chi connectivity index (χ3v) is 2.71. The number of nitrogens with one attached hydrogen (secondary N) is 1. The van der Waals surface area contributed by atoms with Crippen LogP contribution in [0, 0.1) is 0 Å². The van der Waals surface area contributed by atoms with Crippen molar-refractivity contribution < 1.29 is 0 Å². The molecule has 2 heterocycles. The van der Waals surface area contributed by atoms with Crippen molar-refractivity contribution in [1.82, 2.24) is 9.97 Å². The molecule has 0 spiro atoms. The maximum Gasteiger partial charge on any atom is 0.0889 e. The van der Waals surface area contributed by atoms with E-state index in [2.05, 4.69) is 25.9 Å². The van der Waals surface area contributed by atoms with Crippen LogP contribution >= 0.6 is 15.9 Å². The summed E-state index contributed by atoms with van der Waals surface area (Å²) in [5.41, 5.74) is 7.84. The van der Waals surface area contributed by atoms with Crippen molar-refractivity contribution in [3.63, 3.8) is 0 Å². The minimum absolute atomic E-state index is 0.208. The van der Waals surface area contributed by atoms with Crippen LogP contribution in [0.25, 0.3) is 0 Å². The van der Waals surface area contributed by atoms with E-state index in [1.165, 1.54) is 0 Å². The number of nitrogens with two attached hydrogens (primary N) is 1. The first-order chi connectivity index (χ1) is 6.79. The molecule has 2 rings (SSSR count). The molecule has 0 aromatic carbocycles. The van der Waals surface area contributed by atoms with Crippen LogP contribution in [0.5, 0.6) is 0 Å². The van der Waals surface area contributed by atoms with Crippen LogP contribution in [-0.2, 0) is 0 Å². The molecule has 0 radical (unpaired) electrons. The molecule has 0 aliphatic heterocycles. The second-order valence-electron chi connectivity index (χ2n) is 2.97. The quantitative estimate of drug-likeness (QED) is 0.860. The zero-order chi connectivity index (χ0) is 9.97. The summed E-state index contributed by atoms with van der Waals surface area (Å²) in [6.45, 7) is 0. The van der Waals surface area contributed by atoms with Crippen molar-refractivity contribution in [2.75, 3.05) is 0 Å². The van der Waals surface area contributed by atoms with Gasteiger partial charge in [0, 0.05) is 22.6 Å². The molecule has 0 fully saturated rings. The Morgan fingerprint density at radius 1 is 1.36 bits per heavy atom. The number of pyridine rings is 1. The number of H-pyrrole nitrogens is 1. The van der Waals surface area contributed by atoms with Gasteiger partial charge in [0.25, 0.3) is 0 Å². The lowest BCUT2D eigenvalue weighted by Crippen LogP contribution is -2.14. The van der Waals surface area contributed by atoms with E-state index in [0.29, 0.717) is 0 Å². The number of aromatic amines is 1. The van der Waals surface area contributed by atoms with Crippen LogP contribution in [0.4, 0.5) is 0 Å². The van der Waals surface area contributed by atoms with Crippen molar-refractivity contribution in [2.45, 2.75) is 6.04 Å². The first kappa shape index (κ1) is 9.43. The Bertz CT molecular complexity index is 411. The van der Waals surface area contributed by atoms with E-state index >= 15 is 0 Å². The second kappa shape index (κ2) is 3.94. The molecule has 1 atom stereocenters. The van der Waals surface area contributed by atoms with Gasteiger partial charge in [0.2, 0.25) is 0 Å². The van der Waals surface area contributed by atoms with E-state index in [0.717, 1.165) is 15.9 Å². The highest BCUT2D eigenvalue weighted by molar-refractivity contribution is 9.10. The number of aromatic nitrogens is 2. The molecule has 1 unspecified atom stereocenters. The molecule has 3 nitrogen and oxygen atoms in total. The maximum absolute atomic E-state index is 6.04. The predicted molar refractivity (Wildman–Crippen MR) is 58.8 cm³/mol. The first-order valence-corrected chi connectivity index (χ1v) is 5.07. The molecule has 4 heteroatoms. The molecule has 0 saturated heterocycles. The topological polar surface area (TPSA) is 54.7 Å². The molecule has 2 aromatic rings. The Labute approximate surface area is 90.5 Å². The Kier molecular flexibility index (Phi) is 2.65. The van der Waals surface area contributed by atoms with Crippen LogP contribution in [0.1, 0.15) is 17.4 Å². The Hall–Kier alpha value is -1.13. The average molecular weight is 252 g/mol. The zero-order valence-corrected chi connectivity index (χ0v) is 9.03. The van der Waals surface area contributed by atoms with Gasteiger partial charge in [0.15, 0.2) is 0 Å². The van der Waals surface area contributed by atoms with Gasteiger partial charge in [-0.05, 0) is 40.2 Å². The maximum atomic E-state index is 6.04. The van der Waals surface area contributed by atoms with Gasteiger partial charge >= 0.3 is 0 Å². The summed E-state index contributed by atoms with van der Waals surface area (Å²) >= 11 is 3.43. The molecule has 0 bridgehead atoms. The Balaban J connectivity index is 2.37. The molecule has 0 saturated carbocycles. The smallest absolute Gasteiger partial charge is 0.0889 e. The predicted octanol–water partition coefficient (Wildman–Crippen LogP) is 2.22. The molecule has 14 heavy (non-hydrogen) atoms. The van der Waals surface area contributed by atoms with Gasteiger partial charge in [0.05, 0.1) is 11.7 Å². The van der Waals surface area contributed by atoms with Crippen LogP contribution in [0.2, 0.25) is 0 Å². The number of hydrogen-bond acceptors (Lipinski definition) is 2. The minimum atomic E-state index is -0.208. The van der Waals surface area contributed by atoms with Crippen LogP contribution in [-0.4, -0.2) is 9.97 Å². The normalized spacial score (nSPS) is 12.7. The van der Waals surface area contributed by atoms with Crippen molar-refractivity contribution in [3.8, 4) is 0 Å². The number of halogens is 1. The summed E-state index contributed by atoms with van der Waals surface area (Å²) in [5.74, 6) is 0. The summed E-state index contributed by atoms with van der Waals surface area (Å²) < 4.78 is 0.933. The van der Waals surface area contributed by atoms with Crippen LogP contribution < -0.4 is 5.73 Å². The molecule has 2 aromatic heterocycles. The van der Waals surface area contributed by atoms with Crippen LogP contribution in [0.15, 0.2) is 41.1 Å². The highest BCUT2D eigenvalue weighted by Gasteiger charge is 2.13. The minimum Gasteiger partial charge on any atom is -0.363 e. The highest BCUT2D eigenvalue weighted by Crippen LogP contribution is 2.23. The fraction of sp³-hybridized carbons (Fsp3) is 0.100. The number of nitrogens with zero attached hydrogens (tertiary/aromatic N) is 1. The summed E-state index contributed by atoms with van der Waals surface area (Å²) in [6, 6.07) is 7.47. The lowest BCUT2D eigenvalue weighted by Gasteiger charge is -2.10. The van der Waals surface area contributed by atoms with Crippen molar-refractivity contribution in [3.05, 3.63) is 52.5 Å². The van der Waals surface area contributed by atoms with E-state index in [4.69, 9.17) is 5.73 Å². The SMILES string of the molecule is NC(c1ccc[nH]1)c1ncccc1Br. The first-order valence-electron chi connectivity index (χ1n) is 4.28. The lowest BCUT2D eigenvalue weighted by atomic mass is 10.1. The largest absolute Gasteiger partial charge is 0.363 e. The van der Waals surface area contributed by atoms with Crippen molar-refractivity contribution >= 4 is 15.9 Å². The van der Waals surface area contributed by atoms with E-state index in [9.17, 15) is 0 Å². The number of hydrogen-bond donors (Lipinski definition) is 2. The Morgan fingerprint density at radius 2 is 2.21 bits per heavy atom. The van der Waals surface area contributed by atoms with Gasteiger partial charge in [-0.15, -0.1) is 0 Å². The fourth-order valence-electron chi connectivity index (χ4n) is 1.31. The van der Waals surface area contributed by atoms with Gasteiger partial charge in [0.1, 0.15) is 0 Å². The molecule has 72 valence electrons. The second-order valence-corrected chi connectivity index (χ2v) is 3.83. The standard InChI is InChI=1S/C10H10BrN3/c11-7-3-1-6-14-10(7)9(12)8-4-2-5-13-8/h1-6,9,13H,12H2. The van der Waals surface area contributed by atoms with E-state index in [1.807, 2.05) is 30.5 Å². The summed E-state index contributed by atoms with van der Waals surface area (Å²) in [5, 5.41) is 0.